The number of rotatable bonds is 9. The van der Waals surface area contributed by atoms with Crippen molar-refractivity contribution in [3.05, 3.63) is 39.9 Å². The van der Waals surface area contributed by atoms with Gasteiger partial charge in [0.05, 0.1) is 51.8 Å². The van der Waals surface area contributed by atoms with Crippen LogP contribution in [0.2, 0.25) is 5.02 Å². The Kier molecular flexibility index (Phi) is 10.2. The van der Waals surface area contributed by atoms with Gasteiger partial charge < -0.3 is 25.0 Å². The number of hydrogen-bond donors (Lipinski definition) is 1. The van der Waals surface area contributed by atoms with E-state index in [4.69, 9.17) is 31.8 Å². The lowest BCUT2D eigenvalue weighted by atomic mass is 9.93. The summed E-state index contributed by atoms with van der Waals surface area (Å²) in [4.78, 5) is 19.7. The summed E-state index contributed by atoms with van der Waals surface area (Å²) >= 11 is 6.91. The third-order valence-corrected chi connectivity index (χ3v) is 11.4. The van der Waals surface area contributed by atoms with Crippen LogP contribution >= 0.6 is 11.6 Å². The maximum atomic E-state index is 17.2. The summed E-state index contributed by atoms with van der Waals surface area (Å²) < 4.78 is 101. The number of alkyl halides is 4. The Morgan fingerprint density at radius 2 is 2.00 bits per heavy atom. The summed E-state index contributed by atoms with van der Waals surface area (Å²) in [6, 6.07) is 0.588. The Labute approximate surface area is 303 Å². The van der Waals surface area contributed by atoms with Crippen molar-refractivity contribution < 1.29 is 35.8 Å². The van der Waals surface area contributed by atoms with Crippen LogP contribution in [0.1, 0.15) is 56.6 Å². The van der Waals surface area contributed by atoms with Gasteiger partial charge in [0.25, 0.3) is 0 Å². The molecule has 3 atom stereocenters. The Morgan fingerprint density at radius 1 is 1.19 bits per heavy atom. The average molecular weight is 754 g/mol. The third-order valence-electron chi connectivity index (χ3n) is 11.0. The Hall–Kier alpha value is -3.56. The van der Waals surface area contributed by atoms with E-state index in [9.17, 15) is 22.0 Å². The topological polar surface area (TPSA) is 92.9 Å². The largest absolute Gasteiger partial charge is 0.489 e. The third kappa shape index (κ3) is 6.50. The van der Waals surface area contributed by atoms with Gasteiger partial charge >= 0.3 is 12.2 Å². The number of hydrogen-bond acceptors (Lipinski definition) is 9. The predicted molar refractivity (Wildman–Crippen MR) is 187 cm³/mol. The van der Waals surface area contributed by atoms with Gasteiger partial charge in [-0.05, 0) is 68.7 Å². The highest BCUT2D eigenvalue weighted by atomic mass is 35.5. The number of aryl methyl sites for hydroxylation is 1. The molecule has 3 fully saturated rings. The first-order chi connectivity index (χ1) is 24.9. The van der Waals surface area contributed by atoms with Gasteiger partial charge in [0.1, 0.15) is 30.4 Å². The summed E-state index contributed by atoms with van der Waals surface area (Å²) in [6.45, 7) is 6.45. The van der Waals surface area contributed by atoms with E-state index >= 15 is 4.39 Å². The number of halogens is 7. The van der Waals surface area contributed by atoms with Gasteiger partial charge in [-0.2, -0.15) is 23.1 Å². The number of anilines is 2. The van der Waals surface area contributed by atoms with Gasteiger partial charge in [0.2, 0.25) is 0 Å². The van der Waals surface area contributed by atoms with Crippen molar-refractivity contribution in [3.63, 3.8) is 0 Å². The van der Waals surface area contributed by atoms with Crippen LogP contribution in [0.5, 0.6) is 11.8 Å². The zero-order valence-corrected chi connectivity index (χ0v) is 29.9. The minimum atomic E-state index is -4.92. The summed E-state index contributed by atoms with van der Waals surface area (Å²) in [5.41, 5.74) is 2.89. The number of pyridine rings is 1. The lowest BCUT2D eigenvalue weighted by molar-refractivity contribution is -0.137. The molecule has 0 aliphatic carbocycles. The minimum absolute atomic E-state index is 0.0179. The van der Waals surface area contributed by atoms with Crippen molar-refractivity contribution in [2.45, 2.75) is 70.1 Å². The second kappa shape index (κ2) is 14.3. The van der Waals surface area contributed by atoms with Crippen molar-refractivity contribution >= 4 is 34.1 Å². The van der Waals surface area contributed by atoms with E-state index in [-0.39, 0.29) is 65.0 Å². The molecule has 2 N–H and O–H groups in total. The molecular weight excluding hydrogens is 712 g/mol. The second-order valence-electron chi connectivity index (χ2n) is 14.4. The summed E-state index contributed by atoms with van der Waals surface area (Å²) in [5, 5.41) is -0.301. The van der Waals surface area contributed by atoms with E-state index in [1.54, 1.807) is 0 Å². The van der Waals surface area contributed by atoms with Crippen LogP contribution in [0.3, 0.4) is 0 Å². The maximum absolute atomic E-state index is 17.2. The molecule has 0 unspecified atom stereocenters. The molecule has 3 aromatic rings. The normalized spacial score (nSPS) is 24.6. The zero-order chi connectivity index (χ0) is 36.9. The molecule has 282 valence electrons. The molecule has 7 rings (SSSR count). The van der Waals surface area contributed by atoms with Gasteiger partial charge in [-0.3, -0.25) is 9.29 Å². The summed E-state index contributed by atoms with van der Waals surface area (Å²) in [5.74, 6) is -1.17. The molecular formula is C36H42ClF6N7O2. The maximum Gasteiger partial charge on any atom is 0.418 e. The number of nitrogens with zero attached hydrogens (tertiary/aromatic N) is 6. The van der Waals surface area contributed by atoms with Crippen molar-refractivity contribution in [3.8, 4) is 23.0 Å². The average Bonchev–Trinajstić information content (AvgIpc) is 3.52. The van der Waals surface area contributed by atoms with Crippen molar-refractivity contribution in [2.75, 3.05) is 69.8 Å². The SMILES string of the molecule is CCC[C@@H]1CN(CCCF)CCN2c3nc(OC[C@@]45CCCN4C/C(=C\F)C5)nc4c(F)c(-c5nc(N)cc(C)c5C(F)(F)F)c(Cl)c(c34)OC[C@H]12. The standard InChI is InChI=1S/C36H42ClF6N7O2/c1-3-6-22-17-48(9-5-8-38)11-12-50-23(22)18-51-32-26-31(29(40)25(28(32)37)30-27(36(41,42)43)20(2)13-24(44)45-30)46-34(47-33(26)50)52-19-35-7-4-10-49(35)16-21(14-35)15-39/h13,15,22-23H,3-12,14,16-19H2,1-2H3,(H2,44,45)/b21-15-/t22-,23-,35+/m1/s1. The lowest BCUT2D eigenvalue weighted by Crippen LogP contribution is -2.45. The highest BCUT2D eigenvalue weighted by Gasteiger charge is 2.48. The number of benzene rings is 1. The first-order valence-electron chi connectivity index (χ1n) is 17.8. The van der Waals surface area contributed by atoms with Gasteiger partial charge in [-0.25, -0.2) is 13.8 Å². The van der Waals surface area contributed by atoms with Crippen molar-refractivity contribution in [2.24, 2.45) is 5.92 Å². The molecule has 0 radical (unpaired) electrons. The summed E-state index contributed by atoms with van der Waals surface area (Å²) in [7, 11) is 0. The predicted octanol–water partition coefficient (Wildman–Crippen LogP) is 7.52. The van der Waals surface area contributed by atoms with Crippen molar-refractivity contribution in [1.29, 1.82) is 0 Å². The number of nitrogens with two attached hydrogens (primary N) is 1. The molecule has 0 spiro atoms. The molecule has 52 heavy (non-hydrogen) atoms. The highest BCUT2D eigenvalue weighted by Crippen LogP contribution is 2.51. The molecule has 0 saturated carbocycles. The lowest BCUT2D eigenvalue weighted by Gasteiger charge is -2.34. The minimum Gasteiger partial charge on any atom is -0.489 e. The van der Waals surface area contributed by atoms with Crippen LogP contribution in [0.25, 0.3) is 22.2 Å². The number of fused-ring (bicyclic) bond motifs is 3. The van der Waals surface area contributed by atoms with Crippen molar-refractivity contribution in [1.82, 2.24) is 24.8 Å². The van der Waals surface area contributed by atoms with Crippen LogP contribution in [0.15, 0.2) is 18.0 Å². The fourth-order valence-electron chi connectivity index (χ4n) is 8.75. The fourth-order valence-corrected chi connectivity index (χ4v) is 9.07. The zero-order valence-electron chi connectivity index (χ0n) is 29.1. The van der Waals surface area contributed by atoms with Crippen LogP contribution in [0, 0.1) is 18.7 Å². The molecule has 0 amide bonds. The van der Waals surface area contributed by atoms with Crippen LogP contribution < -0.4 is 20.1 Å². The second-order valence-corrected chi connectivity index (χ2v) is 14.8. The number of aromatic nitrogens is 3. The quantitative estimate of drug-likeness (QED) is 0.223. The molecule has 16 heteroatoms. The van der Waals surface area contributed by atoms with E-state index < -0.39 is 46.1 Å². The molecule has 6 heterocycles. The van der Waals surface area contributed by atoms with Gasteiger partial charge in [-0.15, -0.1) is 0 Å². The van der Waals surface area contributed by atoms with Crippen LogP contribution in [-0.2, 0) is 6.18 Å². The van der Waals surface area contributed by atoms with E-state index in [1.165, 1.54) is 6.92 Å². The Balaban J connectivity index is 1.42. The van der Waals surface area contributed by atoms with E-state index in [2.05, 4.69) is 26.7 Å². The molecule has 2 aromatic heterocycles. The summed E-state index contributed by atoms with van der Waals surface area (Å²) in [6.07, 6.45) is -0.165. The molecule has 3 saturated heterocycles. The first-order valence-corrected chi connectivity index (χ1v) is 18.2. The van der Waals surface area contributed by atoms with Crippen LogP contribution in [-0.4, -0.2) is 95.5 Å². The molecule has 4 aliphatic rings. The molecule has 4 aliphatic heterocycles. The van der Waals surface area contributed by atoms with E-state index in [0.29, 0.717) is 57.5 Å². The first kappa shape index (κ1) is 36.8. The smallest absolute Gasteiger partial charge is 0.418 e. The molecule has 1 aromatic carbocycles. The van der Waals surface area contributed by atoms with Gasteiger partial charge in [0.15, 0.2) is 11.6 Å². The van der Waals surface area contributed by atoms with Gasteiger partial charge in [-0.1, -0.05) is 24.9 Å². The van der Waals surface area contributed by atoms with Gasteiger partial charge in [0, 0.05) is 32.7 Å². The monoisotopic (exact) mass is 753 g/mol. The van der Waals surface area contributed by atoms with E-state index in [0.717, 1.165) is 38.3 Å². The molecule has 9 nitrogen and oxygen atoms in total. The Bertz CT molecular complexity index is 1880. The number of ether oxygens (including phenoxy) is 2. The number of nitrogen functional groups attached to an aromatic ring is 1. The Morgan fingerprint density at radius 3 is 2.73 bits per heavy atom. The van der Waals surface area contributed by atoms with E-state index in [1.807, 2.05) is 4.90 Å². The molecule has 0 bridgehead atoms. The highest BCUT2D eigenvalue weighted by molar-refractivity contribution is 6.36. The van der Waals surface area contributed by atoms with Crippen LogP contribution in [0.4, 0.5) is 38.0 Å². The fraction of sp³-hybridized carbons (Fsp3) is 0.583.